The normalized spacial score (nSPS) is 12.2. The number of hydrogen-bond acceptors (Lipinski definition) is 2. The van der Waals surface area contributed by atoms with Crippen LogP contribution in [0.2, 0.25) is 0 Å². The van der Waals surface area contributed by atoms with Crippen molar-refractivity contribution in [2.24, 2.45) is 0 Å². The summed E-state index contributed by atoms with van der Waals surface area (Å²) in [5, 5.41) is 3.23. The van der Waals surface area contributed by atoms with Crippen molar-refractivity contribution in [3.05, 3.63) is 59.7 Å². The predicted molar refractivity (Wildman–Crippen MR) is 79.8 cm³/mol. The Morgan fingerprint density at radius 3 is 2.42 bits per heavy atom. The van der Waals surface area contributed by atoms with Crippen LogP contribution >= 0.6 is 0 Å². The molecule has 2 aromatic carbocycles. The van der Waals surface area contributed by atoms with E-state index in [0.717, 1.165) is 17.9 Å². The van der Waals surface area contributed by atoms with E-state index in [1.807, 2.05) is 31.3 Å². The molecule has 2 aromatic rings. The van der Waals surface area contributed by atoms with Gasteiger partial charge in [-0.2, -0.15) is 0 Å². The van der Waals surface area contributed by atoms with Crippen LogP contribution in [0.5, 0.6) is 11.5 Å². The summed E-state index contributed by atoms with van der Waals surface area (Å²) in [4.78, 5) is 0. The van der Waals surface area contributed by atoms with Gasteiger partial charge in [0.2, 0.25) is 0 Å². The van der Waals surface area contributed by atoms with Crippen molar-refractivity contribution in [1.29, 1.82) is 0 Å². The van der Waals surface area contributed by atoms with Crippen LogP contribution in [0.25, 0.3) is 0 Å². The summed E-state index contributed by atoms with van der Waals surface area (Å²) in [5.74, 6) is 1.78. The first-order chi connectivity index (χ1) is 9.22. The molecule has 0 aliphatic carbocycles. The molecule has 0 aromatic heterocycles. The maximum Gasteiger partial charge on any atom is 0.127 e. The van der Waals surface area contributed by atoms with Gasteiger partial charge in [-0.25, -0.2) is 0 Å². The lowest BCUT2D eigenvalue weighted by Gasteiger charge is -2.13. The Balaban J connectivity index is 2.18. The van der Waals surface area contributed by atoms with Gasteiger partial charge in [-0.15, -0.1) is 0 Å². The van der Waals surface area contributed by atoms with Crippen molar-refractivity contribution in [2.45, 2.75) is 26.3 Å². The maximum absolute atomic E-state index is 5.93. The zero-order chi connectivity index (χ0) is 13.7. The molecule has 19 heavy (non-hydrogen) atoms. The Kier molecular flexibility index (Phi) is 4.58. The summed E-state index contributed by atoms with van der Waals surface area (Å²) >= 11 is 0. The summed E-state index contributed by atoms with van der Waals surface area (Å²) in [6.07, 6.45) is 1.02. The van der Waals surface area contributed by atoms with E-state index >= 15 is 0 Å². The molecule has 1 unspecified atom stereocenters. The lowest BCUT2D eigenvalue weighted by atomic mass is 10.1. The van der Waals surface area contributed by atoms with Gasteiger partial charge in [0.15, 0.2) is 0 Å². The minimum absolute atomic E-state index is 0.325. The maximum atomic E-state index is 5.93. The van der Waals surface area contributed by atoms with Crippen LogP contribution in [-0.2, 0) is 6.42 Å². The third-order valence-corrected chi connectivity index (χ3v) is 3.33. The Morgan fingerprint density at radius 2 is 1.74 bits per heavy atom. The number of aryl methyl sites for hydroxylation is 1. The van der Waals surface area contributed by atoms with Crippen molar-refractivity contribution in [3.63, 3.8) is 0 Å². The fourth-order valence-corrected chi connectivity index (χ4v) is 1.98. The molecule has 0 heterocycles. The van der Waals surface area contributed by atoms with Gasteiger partial charge in [-0.3, -0.25) is 0 Å². The minimum Gasteiger partial charge on any atom is -0.457 e. The number of benzene rings is 2. The standard InChI is InChI=1S/C17H21NO/c1-4-14-7-5-9-16(11-14)19-17-10-6-8-15(12-17)13(2)18-3/h5-13,18H,4H2,1-3H3. The van der Waals surface area contributed by atoms with Crippen molar-refractivity contribution in [2.75, 3.05) is 7.05 Å². The lowest BCUT2D eigenvalue weighted by molar-refractivity contribution is 0.480. The van der Waals surface area contributed by atoms with Crippen LogP contribution in [0.4, 0.5) is 0 Å². The van der Waals surface area contributed by atoms with Crippen molar-refractivity contribution >= 4 is 0 Å². The van der Waals surface area contributed by atoms with E-state index in [1.165, 1.54) is 11.1 Å². The molecule has 0 bridgehead atoms. The zero-order valence-corrected chi connectivity index (χ0v) is 11.8. The van der Waals surface area contributed by atoms with E-state index in [9.17, 15) is 0 Å². The topological polar surface area (TPSA) is 21.3 Å². The predicted octanol–water partition coefficient (Wildman–Crippen LogP) is 4.32. The Hall–Kier alpha value is -1.80. The van der Waals surface area contributed by atoms with Crippen molar-refractivity contribution in [3.8, 4) is 11.5 Å². The molecule has 0 saturated heterocycles. The summed E-state index contributed by atoms with van der Waals surface area (Å²) in [5.41, 5.74) is 2.52. The highest BCUT2D eigenvalue weighted by Crippen LogP contribution is 2.25. The Labute approximate surface area is 115 Å². The zero-order valence-electron chi connectivity index (χ0n) is 11.8. The van der Waals surface area contributed by atoms with E-state index < -0.39 is 0 Å². The van der Waals surface area contributed by atoms with Crippen LogP contribution in [0.3, 0.4) is 0 Å². The number of ether oxygens (including phenoxy) is 1. The first-order valence-electron chi connectivity index (χ1n) is 6.77. The highest BCUT2D eigenvalue weighted by atomic mass is 16.5. The summed E-state index contributed by atoms with van der Waals surface area (Å²) in [6, 6.07) is 16.8. The average molecular weight is 255 g/mol. The first-order valence-corrected chi connectivity index (χ1v) is 6.77. The van der Waals surface area contributed by atoms with Crippen molar-refractivity contribution < 1.29 is 4.74 Å². The van der Waals surface area contributed by atoms with Gasteiger partial charge < -0.3 is 10.1 Å². The number of nitrogens with one attached hydrogen (secondary N) is 1. The first kappa shape index (κ1) is 13.6. The molecule has 100 valence electrons. The smallest absolute Gasteiger partial charge is 0.127 e. The molecular weight excluding hydrogens is 234 g/mol. The molecule has 0 spiro atoms. The fourth-order valence-electron chi connectivity index (χ4n) is 1.98. The van der Waals surface area contributed by atoms with E-state index in [0.29, 0.717) is 6.04 Å². The molecular formula is C17H21NO. The summed E-state index contributed by atoms with van der Waals surface area (Å²) in [7, 11) is 1.96. The van der Waals surface area contributed by atoms with E-state index in [4.69, 9.17) is 4.74 Å². The van der Waals surface area contributed by atoms with Gasteiger partial charge in [0, 0.05) is 6.04 Å². The van der Waals surface area contributed by atoms with Crippen LogP contribution in [0, 0.1) is 0 Å². The highest BCUT2D eigenvalue weighted by molar-refractivity contribution is 5.36. The van der Waals surface area contributed by atoms with Crippen LogP contribution < -0.4 is 10.1 Å². The van der Waals surface area contributed by atoms with Gasteiger partial charge >= 0.3 is 0 Å². The molecule has 0 fully saturated rings. The number of rotatable bonds is 5. The van der Waals surface area contributed by atoms with Gasteiger partial charge in [-0.1, -0.05) is 31.2 Å². The highest BCUT2D eigenvalue weighted by Gasteiger charge is 2.04. The molecule has 0 amide bonds. The summed E-state index contributed by atoms with van der Waals surface area (Å²) in [6.45, 7) is 4.28. The second-order valence-corrected chi connectivity index (χ2v) is 4.69. The third-order valence-electron chi connectivity index (χ3n) is 3.33. The fraction of sp³-hybridized carbons (Fsp3) is 0.294. The summed E-state index contributed by atoms with van der Waals surface area (Å²) < 4.78 is 5.93. The molecule has 0 aliphatic heterocycles. The molecule has 0 aliphatic rings. The monoisotopic (exact) mass is 255 g/mol. The largest absolute Gasteiger partial charge is 0.457 e. The SMILES string of the molecule is CCc1cccc(Oc2cccc(C(C)NC)c2)c1. The number of hydrogen-bond donors (Lipinski definition) is 1. The van der Waals surface area contributed by atoms with Gasteiger partial charge in [0.25, 0.3) is 0 Å². The molecule has 0 radical (unpaired) electrons. The second-order valence-electron chi connectivity index (χ2n) is 4.69. The van der Waals surface area contributed by atoms with E-state index in [-0.39, 0.29) is 0 Å². The van der Waals surface area contributed by atoms with Crippen LogP contribution in [0.15, 0.2) is 48.5 Å². The Bertz CT molecular complexity index is 536. The quantitative estimate of drug-likeness (QED) is 0.859. The van der Waals surface area contributed by atoms with Crippen LogP contribution in [-0.4, -0.2) is 7.05 Å². The molecule has 1 N–H and O–H groups in total. The Morgan fingerprint density at radius 1 is 1.05 bits per heavy atom. The minimum atomic E-state index is 0.325. The molecule has 1 atom stereocenters. The molecule has 2 nitrogen and oxygen atoms in total. The van der Waals surface area contributed by atoms with Crippen LogP contribution in [0.1, 0.15) is 31.0 Å². The third kappa shape index (κ3) is 3.58. The lowest BCUT2D eigenvalue weighted by Crippen LogP contribution is -2.11. The van der Waals surface area contributed by atoms with E-state index in [2.05, 4.69) is 43.4 Å². The average Bonchev–Trinajstić information content (AvgIpc) is 2.47. The molecule has 0 saturated carbocycles. The molecule has 2 heteroatoms. The second kappa shape index (κ2) is 6.39. The van der Waals surface area contributed by atoms with Gasteiger partial charge in [0.05, 0.1) is 0 Å². The van der Waals surface area contributed by atoms with E-state index in [1.54, 1.807) is 0 Å². The van der Waals surface area contributed by atoms with Crippen molar-refractivity contribution in [1.82, 2.24) is 5.32 Å². The van der Waals surface area contributed by atoms with Gasteiger partial charge in [0.1, 0.15) is 11.5 Å². The molecule has 2 rings (SSSR count). The van der Waals surface area contributed by atoms with Gasteiger partial charge in [-0.05, 0) is 55.8 Å².